The molecule has 0 radical (unpaired) electrons. The van der Waals surface area contributed by atoms with Crippen molar-refractivity contribution >= 4 is 17.2 Å². The van der Waals surface area contributed by atoms with Crippen LogP contribution in [0.15, 0.2) is 41.8 Å². The van der Waals surface area contributed by atoms with E-state index in [9.17, 15) is 4.79 Å². The molecule has 0 aliphatic rings. The van der Waals surface area contributed by atoms with Crippen molar-refractivity contribution in [3.05, 3.63) is 57.8 Å². The van der Waals surface area contributed by atoms with Crippen LogP contribution in [0.5, 0.6) is 0 Å². The van der Waals surface area contributed by atoms with Crippen LogP contribution in [0, 0.1) is 16.7 Å². The van der Waals surface area contributed by atoms with Crippen molar-refractivity contribution in [1.29, 1.82) is 5.26 Å². The van der Waals surface area contributed by atoms with Gasteiger partial charge in [0.2, 0.25) is 0 Å². The summed E-state index contributed by atoms with van der Waals surface area (Å²) in [4.78, 5) is 13.6. The number of carbonyl (C=O) groups is 1. The van der Waals surface area contributed by atoms with Crippen LogP contribution in [0.25, 0.3) is 0 Å². The summed E-state index contributed by atoms with van der Waals surface area (Å²) in [6, 6.07) is 12.8. The van der Waals surface area contributed by atoms with Crippen molar-refractivity contribution in [1.82, 2.24) is 5.32 Å². The summed E-state index contributed by atoms with van der Waals surface area (Å²) < 4.78 is 0. The summed E-state index contributed by atoms with van der Waals surface area (Å²) in [6.07, 6.45) is 0. The highest BCUT2D eigenvalue weighted by Gasteiger charge is 2.28. The van der Waals surface area contributed by atoms with Gasteiger partial charge in [0.25, 0.3) is 5.91 Å². The van der Waals surface area contributed by atoms with E-state index in [1.165, 1.54) is 0 Å². The molecule has 0 fully saturated rings. The van der Waals surface area contributed by atoms with Crippen LogP contribution in [-0.2, 0) is 0 Å². The van der Waals surface area contributed by atoms with Gasteiger partial charge in [0, 0.05) is 10.4 Å². The average Bonchev–Trinajstić information content (AvgIpc) is 2.97. The van der Waals surface area contributed by atoms with Crippen molar-refractivity contribution in [2.24, 2.45) is 5.41 Å². The second-order valence-electron chi connectivity index (χ2n) is 5.98. The number of hydrogen-bond acceptors (Lipinski definition) is 3. The van der Waals surface area contributed by atoms with E-state index in [2.05, 4.69) is 32.2 Å². The van der Waals surface area contributed by atoms with Gasteiger partial charge in [0.05, 0.1) is 17.7 Å². The SMILES string of the molecule is CC(C)(C)[C@@H](NC(=O)c1cccc(C#N)c1)c1cccs1. The first-order valence-corrected chi connectivity index (χ1v) is 7.64. The number of amides is 1. The number of thiophene rings is 1. The Kier molecular flexibility index (Phi) is 4.44. The molecular weight excluding hydrogens is 280 g/mol. The summed E-state index contributed by atoms with van der Waals surface area (Å²) in [5.41, 5.74) is 0.916. The molecule has 0 aliphatic heterocycles. The summed E-state index contributed by atoms with van der Waals surface area (Å²) in [7, 11) is 0. The molecule has 2 rings (SSSR count). The molecule has 0 saturated heterocycles. The summed E-state index contributed by atoms with van der Waals surface area (Å²) >= 11 is 1.64. The zero-order valence-corrected chi connectivity index (χ0v) is 13.2. The van der Waals surface area contributed by atoms with E-state index in [1.54, 1.807) is 35.6 Å². The number of nitrogens with one attached hydrogen (secondary N) is 1. The van der Waals surface area contributed by atoms with E-state index in [1.807, 2.05) is 17.5 Å². The fourth-order valence-corrected chi connectivity index (χ4v) is 3.13. The van der Waals surface area contributed by atoms with E-state index in [4.69, 9.17) is 5.26 Å². The van der Waals surface area contributed by atoms with Gasteiger partial charge in [-0.1, -0.05) is 32.9 Å². The summed E-state index contributed by atoms with van der Waals surface area (Å²) in [5.74, 6) is -0.152. The van der Waals surface area contributed by atoms with Crippen LogP contribution in [0.2, 0.25) is 0 Å². The number of rotatable bonds is 3. The summed E-state index contributed by atoms with van der Waals surface area (Å²) in [5, 5.41) is 14.0. The molecule has 1 heterocycles. The second-order valence-corrected chi connectivity index (χ2v) is 6.96. The number of benzene rings is 1. The first-order chi connectivity index (χ1) is 9.91. The third kappa shape index (κ3) is 3.71. The van der Waals surface area contributed by atoms with Gasteiger partial charge in [-0.25, -0.2) is 0 Å². The molecule has 3 nitrogen and oxygen atoms in total. The van der Waals surface area contributed by atoms with Crippen LogP contribution < -0.4 is 5.32 Å². The molecule has 0 spiro atoms. The Hall–Kier alpha value is -2.12. The number of nitriles is 1. The molecule has 2 aromatic rings. The second kappa shape index (κ2) is 6.11. The predicted molar refractivity (Wildman–Crippen MR) is 85.1 cm³/mol. The third-order valence-corrected chi connectivity index (χ3v) is 4.16. The predicted octanol–water partition coefficient (Wildman–Crippen LogP) is 4.14. The quantitative estimate of drug-likeness (QED) is 0.926. The maximum Gasteiger partial charge on any atom is 0.251 e. The molecule has 4 heteroatoms. The highest BCUT2D eigenvalue weighted by Crippen LogP contribution is 2.35. The lowest BCUT2D eigenvalue weighted by molar-refractivity contribution is 0.0903. The Morgan fingerprint density at radius 2 is 2.05 bits per heavy atom. The van der Waals surface area contributed by atoms with E-state index < -0.39 is 0 Å². The highest BCUT2D eigenvalue weighted by molar-refractivity contribution is 7.10. The number of nitrogens with zero attached hydrogens (tertiary/aromatic N) is 1. The fraction of sp³-hybridized carbons (Fsp3) is 0.294. The monoisotopic (exact) mass is 298 g/mol. The van der Waals surface area contributed by atoms with Gasteiger partial charge in [-0.3, -0.25) is 4.79 Å². The average molecular weight is 298 g/mol. The van der Waals surface area contributed by atoms with Gasteiger partial charge in [0.15, 0.2) is 0 Å². The van der Waals surface area contributed by atoms with E-state index in [0.29, 0.717) is 11.1 Å². The molecule has 1 aromatic heterocycles. The van der Waals surface area contributed by atoms with Crippen molar-refractivity contribution < 1.29 is 4.79 Å². The fourth-order valence-electron chi connectivity index (χ4n) is 2.11. The van der Waals surface area contributed by atoms with Gasteiger partial charge >= 0.3 is 0 Å². The molecule has 0 bridgehead atoms. The van der Waals surface area contributed by atoms with Crippen LogP contribution in [0.3, 0.4) is 0 Å². The standard InChI is InChI=1S/C17H18N2OS/c1-17(2,3)15(14-8-5-9-21-14)19-16(20)13-7-4-6-12(10-13)11-18/h4-10,15H,1-3H3,(H,19,20)/t15-/m0/s1. The molecule has 108 valence electrons. The lowest BCUT2D eigenvalue weighted by atomic mass is 9.85. The Labute approximate surface area is 129 Å². The minimum Gasteiger partial charge on any atom is -0.344 e. The first-order valence-electron chi connectivity index (χ1n) is 6.76. The van der Waals surface area contributed by atoms with Crippen molar-refractivity contribution in [2.75, 3.05) is 0 Å². The van der Waals surface area contributed by atoms with E-state index >= 15 is 0 Å². The maximum atomic E-state index is 12.4. The smallest absolute Gasteiger partial charge is 0.251 e. The number of hydrogen-bond donors (Lipinski definition) is 1. The molecule has 1 aromatic carbocycles. The highest BCUT2D eigenvalue weighted by atomic mass is 32.1. The third-order valence-electron chi connectivity index (χ3n) is 3.22. The van der Waals surface area contributed by atoms with Gasteiger partial charge in [0.1, 0.15) is 0 Å². The Bertz CT molecular complexity index is 663. The molecule has 1 amide bonds. The molecule has 0 saturated carbocycles. The van der Waals surface area contributed by atoms with E-state index in [-0.39, 0.29) is 17.4 Å². The topological polar surface area (TPSA) is 52.9 Å². The molecule has 0 aliphatic carbocycles. The minimum absolute atomic E-state index is 0.0595. The zero-order chi connectivity index (χ0) is 15.5. The van der Waals surface area contributed by atoms with Gasteiger partial charge < -0.3 is 5.32 Å². The molecule has 21 heavy (non-hydrogen) atoms. The Morgan fingerprint density at radius 3 is 2.62 bits per heavy atom. The van der Waals surface area contributed by atoms with Crippen LogP contribution in [0.4, 0.5) is 0 Å². The lowest BCUT2D eigenvalue weighted by Gasteiger charge is -2.30. The summed E-state index contributed by atoms with van der Waals surface area (Å²) in [6.45, 7) is 6.30. The van der Waals surface area contributed by atoms with Gasteiger partial charge in [-0.15, -0.1) is 11.3 Å². The van der Waals surface area contributed by atoms with Crippen molar-refractivity contribution in [3.8, 4) is 6.07 Å². The molecular formula is C17H18N2OS. The first kappa shape index (κ1) is 15.3. The molecule has 0 unspecified atom stereocenters. The van der Waals surface area contributed by atoms with Crippen molar-refractivity contribution in [3.63, 3.8) is 0 Å². The molecule has 1 N–H and O–H groups in total. The van der Waals surface area contributed by atoms with Gasteiger partial charge in [-0.2, -0.15) is 5.26 Å². The van der Waals surface area contributed by atoms with Crippen LogP contribution >= 0.6 is 11.3 Å². The van der Waals surface area contributed by atoms with Gasteiger partial charge in [-0.05, 0) is 35.1 Å². The normalized spacial score (nSPS) is 12.5. The zero-order valence-electron chi connectivity index (χ0n) is 12.4. The Morgan fingerprint density at radius 1 is 1.29 bits per heavy atom. The van der Waals surface area contributed by atoms with Crippen LogP contribution in [0.1, 0.15) is 47.6 Å². The Balaban J connectivity index is 2.25. The van der Waals surface area contributed by atoms with Crippen molar-refractivity contribution in [2.45, 2.75) is 26.8 Å². The largest absolute Gasteiger partial charge is 0.344 e. The lowest BCUT2D eigenvalue weighted by Crippen LogP contribution is -2.36. The minimum atomic E-state index is -0.152. The maximum absolute atomic E-state index is 12.4. The van der Waals surface area contributed by atoms with Crippen LogP contribution in [-0.4, -0.2) is 5.91 Å². The molecule has 1 atom stereocenters. The van der Waals surface area contributed by atoms with E-state index in [0.717, 1.165) is 4.88 Å². The number of carbonyl (C=O) groups excluding carboxylic acids is 1.